The van der Waals surface area contributed by atoms with Crippen molar-refractivity contribution in [3.05, 3.63) is 40.8 Å². The maximum atomic E-state index is 14.4. The zero-order chi connectivity index (χ0) is 28.2. The Morgan fingerprint density at radius 1 is 1.26 bits per heavy atom. The molecule has 0 unspecified atom stereocenters. The minimum atomic E-state index is -5.08. The number of halogens is 4. The first-order valence-electron chi connectivity index (χ1n) is 13.1. The molecule has 1 saturated heterocycles. The van der Waals surface area contributed by atoms with E-state index in [4.69, 9.17) is 15.6 Å². The summed E-state index contributed by atoms with van der Waals surface area (Å²) in [6.07, 6.45) is 1.21. The lowest BCUT2D eigenvalue weighted by molar-refractivity contribution is -0.192. The number of aryl methyl sites for hydroxylation is 1. The Bertz CT molecular complexity index is 1260. The van der Waals surface area contributed by atoms with Crippen molar-refractivity contribution in [3.63, 3.8) is 0 Å². The number of nitrogen functional groups attached to an aromatic ring is 1. The Hall–Kier alpha value is -2.90. The van der Waals surface area contributed by atoms with Crippen molar-refractivity contribution in [1.82, 2.24) is 19.8 Å². The van der Waals surface area contributed by atoms with Crippen molar-refractivity contribution in [2.75, 3.05) is 56.4 Å². The molecule has 0 radical (unpaired) electrons. The van der Waals surface area contributed by atoms with E-state index >= 15 is 0 Å². The van der Waals surface area contributed by atoms with E-state index in [1.165, 1.54) is 23.4 Å². The first kappa shape index (κ1) is 29.1. The molecule has 4 N–H and O–H groups in total. The fraction of sp³-hybridized carbons (Fsp3) is 0.538. The van der Waals surface area contributed by atoms with Gasteiger partial charge in [-0.25, -0.2) is 14.2 Å². The van der Waals surface area contributed by atoms with E-state index in [1.807, 2.05) is 6.07 Å². The zero-order valence-corrected chi connectivity index (χ0v) is 22.6. The van der Waals surface area contributed by atoms with E-state index < -0.39 is 12.1 Å². The highest BCUT2D eigenvalue weighted by atomic mass is 32.1. The van der Waals surface area contributed by atoms with Gasteiger partial charge in [0.1, 0.15) is 5.82 Å². The topological polar surface area (TPSA) is 102 Å². The number of benzene rings is 1. The van der Waals surface area contributed by atoms with E-state index in [9.17, 15) is 17.6 Å². The molecule has 1 aromatic carbocycles. The van der Waals surface area contributed by atoms with Crippen molar-refractivity contribution in [3.8, 4) is 0 Å². The molecule has 3 heterocycles. The number of nitrogens with two attached hydrogens (primary N) is 1. The predicted octanol–water partition coefficient (Wildman–Crippen LogP) is 4.37. The number of aliphatic carboxylic acids is 1. The van der Waals surface area contributed by atoms with E-state index in [0.717, 1.165) is 69.7 Å². The molecule has 1 fully saturated rings. The fourth-order valence-electron chi connectivity index (χ4n) is 5.25. The Morgan fingerprint density at radius 2 is 1.97 bits per heavy atom. The van der Waals surface area contributed by atoms with Crippen LogP contribution >= 0.6 is 11.3 Å². The number of nitrogens with one attached hydrogen (secondary N) is 1. The van der Waals surface area contributed by atoms with Crippen LogP contribution in [0.5, 0.6) is 0 Å². The summed E-state index contributed by atoms with van der Waals surface area (Å²) in [4.78, 5) is 25.3. The summed E-state index contributed by atoms with van der Waals surface area (Å²) in [5.74, 6) is -2.93. The van der Waals surface area contributed by atoms with Crippen molar-refractivity contribution in [2.24, 2.45) is 0 Å². The van der Waals surface area contributed by atoms with Crippen molar-refractivity contribution in [2.45, 2.75) is 44.8 Å². The van der Waals surface area contributed by atoms with Gasteiger partial charge in [0.2, 0.25) is 0 Å². The highest BCUT2D eigenvalue weighted by molar-refractivity contribution is 7.15. The second kappa shape index (κ2) is 12.5. The average Bonchev–Trinajstić information content (AvgIpc) is 3.52. The smallest absolute Gasteiger partial charge is 0.475 e. The molecule has 8 nitrogen and oxygen atoms in total. The number of aromatic nitrogens is 2. The molecule has 5 rings (SSSR count). The van der Waals surface area contributed by atoms with E-state index in [2.05, 4.69) is 37.7 Å². The standard InChI is InChI=1S/C24H33FN6S.C2HF3O2/c1-2-7-30(18-3-4-21-22(16-18)32-24(26)28-21)11-8-29-9-12-31(13-10-29)19-14-17-5-6-27-23(17)20(25)15-19;3-2(4,5)1(6)7/h5-6,14-15,18,27H,2-4,7-13,16H2,1H3,(H2,26,28);(H,6,7)/t18-;/m0./s1. The molecular weight excluding hydrogens is 536 g/mol. The summed E-state index contributed by atoms with van der Waals surface area (Å²) in [5.41, 5.74) is 8.75. The number of hydrogen-bond acceptors (Lipinski definition) is 7. The van der Waals surface area contributed by atoms with Crippen LogP contribution in [-0.4, -0.2) is 88.9 Å². The number of aromatic amines is 1. The number of H-pyrrole nitrogens is 1. The number of carboxylic acid groups (broad SMARTS) is 1. The Balaban J connectivity index is 0.000000448. The summed E-state index contributed by atoms with van der Waals surface area (Å²) in [5, 5.41) is 8.78. The van der Waals surface area contributed by atoms with Gasteiger partial charge in [0.15, 0.2) is 5.13 Å². The number of fused-ring (bicyclic) bond motifs is 2. The van der Waals surface area contributed by atoms with Crippen molar-refractivity contribution in [1.29, 1.82) is 0 Å². The van der Waals surface area contributed by atoms with Crippen molar-refractivity contribution >= 4 is 39.0 Å². The highest BCUT2D eigenvalue weighted by Crippen LogP contribution is 2.30. The van der Waals surface area contributed by atoms with Gasteiger partial charge < -0.3 is 20.7 Å². The summed E-state index contributed by atoms with van der Waals surface area (Å²) in [6.45, 7) is 9.53. The fourth-order valence-corrected chi connectivity index (χ4v) is 6.20. The summed E-state index contributed by atoms with van der Waals surface area (Å²) >= 11 is 1.67. The van der Waals surface area contributed by atoms with Gasteiger partial charge in [-0.05, 0) is 50.4 Å². The number of anilines is 2. The van der Waals surface area contributed by atoms with Gasteiger partial charge in [0, 0.05) is 67.5 Å². The molecular formula is C26H34F4N6O2S. The summed E-state index contributed by atoms with van der Waals surface area (Å²) in [6, 6.07) is 6.30. The van der Waals surface area contributed by atoms with Gasteiger partial charge in [-0.1, -0.05) is 6.92 Å². The van der Waals surface area contributed by atoms with Crippen LogP contribution in [0, 0.1) is 5.82 Å². The van der Waals surface area contributed by atoms with Gasteiger partial charge in [-0.3, -0.25) is 9.80 Å². The second-order valence-corrected chi connectivity index (χ2v) is 11.0. The number of rotatable bonds is 7. The predicted molar refractivity (Wildman–Crippen MR) is 145 cm³/mol. The van der Waals surface area contributed by atoms with Crippen LogP contribution in [0.3, 0.4) is 0 Å². The van der Waals surface area contributed by atoms with Gasteiger partial charge in [-0.15, -0.1) is 11.3 Å². The number of nitrogens with zero attached hydrogens (tertiary/aromatic N) is 4. The molecule has 0 bridgehead atoms. The van der Waals surface area contributed by atoms with Crippen LogP contribution in [-0.2, 0) is 17.6 Å². The van der Waals surface area contributed by atoms with E-state index in [1.54, 1.807) is 23.6 Å². The third-order valence-corrected chi connectivity index (χ3v) is 8.19. The molecule has 0 amide bonds. The van der Waals surface area contributed by atoms with Crippen LogP contribution in [0.1, 0.15) is 30.3 Å². The van der Waals surface area contributed by atoms with Crippen LogP contribution < -0.4 is 10.6 Å². The summed E-state index contributed by atoms with van der Waals surface area (Å²) in [7, 11) is 0. The number of carbonyl (C=O) groups is 1. The van der Waals surface area contributed by atoms with E-state index in [-0.39, 0.29) is 5.82 Å². The Morgan fingerprint density at radius 3 is 2.64 bits per heavy atom. The molecule has 1 aliphatic heterocycles. The number of alkyl halides is 3. The van der Waals surface area contributed by atoms with Crippen LogP contribution in [0.4, 0.5) is 28.4 Å². The lowest BCUT2D eigenvalue weighted by Gasteiger charge is -2.39. The minimum absolute atomic E-state index is 0.168. The third-order valence-electron chi connectivity index (χ3n) is 7.24. The van der Waals surface area contributed by atoms with Gasteiger partial charge in [0.25, 0.3) is 0 Å². The lowest BCUT2D eigenvalue weighted by atomic mass is 9.96. The number of thiazole rings is 1. The third kappa shape index (κ3) is 7.40. The number of carboxylic acids is 1. The quantitative estimate of drug-likeness (QED) is 0.363. The van der Waals surface area contributed by atoms with Gasteiger partial charge in [-0.2, -0.15) is 13.2 Å². The Labute approximate surface area is 228 Å². The van der Waals surface area contributed by atoms with Gasteiger partial charge in [0.05, 0.1) is 11.2 Å². The van der Waals surface area contributed by atoms with Crippen LogP contribution in [0.15, 0.2) is 24.4 Å². The highest BCUT2D eigenvalue weighted by Gasteiger charge is 2.38. The molecule has 1 atom stereocenters. The SMILES string of the molecule is CCCN(CCN1CCN(c2cc(F)c3[nH]ccc3c2)CC1)[C@H]1CCc2nc(N)sc2C1.O=C(O)C(F)(F)F. The molecule has 0 saturated carbocycles. The molecule has 0 spiro atoms. The molecule has 2 aliphatic rings. The molecule has 3 aromatic rings. The summed E-state index contributed by atoms with van der Waals surface area (Å²) < 4.78 is 46.1. The first-order valence-corrected chi connectivity index (χ1v) is 13.9. The van der Waals surface area contributed by atoms with Gasteiger partial charge >= 0.3 is 12.1 Å². The normalized spacial score (nSPS) is 18.2. The monoisotopic (exact) mass is 570 g/mol. The molecule has 1 aliphatic carbocycles. The average molecular weight is 571 g/mol. The molecule has 2 aromatic heterocycles. The number of piperazine rings is 1. The Kier molecular flexibility index (Phi) is 9.34. The number of hydrogen-bond donors (Lipinski definition) is 3. The van der Waals surface area contributed by atoms with Crippen LogP contribution in [0.2, 0.25) is 0 Å². The second-order valence-electron chi connectivity index (χ2n) is 9.86. The largest absolute Gasteiger partial charge is 0.490 e. The van der Waals surface area contributed by atoms with E-state index in [0.29, 0.717) is 16.7 Å². The molecule has 214 valence electrons. The zero-order valence-electron chi connectivity index (χ0n) is 21.8. The maximum Gasteiger partial charge on any atom is 0.490 e. The first-order chi connectivity index (χ1) is 18.5. The molecule has 13 heteroatoms. The van der Waals surface area contributed by atoms with Crippen LogP contribution in [0.25, 0.3) is 10.9 Å². The maximum absolute atomic E-state index is 14.4. The lowest BCUT2D eigenvalue weighted by Crippen LogP contribution is -2.50. The minimum Gasteiger partial charge on any atom is -0.475 e. The molecule has 39 heavy (non-hydrogen) atoms. The van der Waals surface area contributed by atoms with Crippen molar-refractivity contribution < 1.29 is 27.5 Å².